The Morgan fingerprint density at radius 2 is 1.88 bits per heavy atom. The van der Waals surface area contributed by atoms with Gasteiger partial charge in [-0.15, -0.1) is 0 Å². The molecule has 0 unspecified atom stereocenters. The Labute approximate surface area is 154 Å². The topological polar surface area (TPSA) is 55.6 Å². The zero-order chi connectivity index (χ0) is 17.9. The number of benzene rings is 1. The van der Waals surface area contributed by atoms with Gasteiger partial charge >= 0.3 is 0 Å². The summed E-state index contributed by atoms with van der Waals surface area (Å²) in [6, 6.07) is 9.96. The number of nitrogens with zero attached hydrogens (tertiary/aromatic N) is 2. The summed E-state index contributed by atoms with van der Waals surface area (Å²) in [6.07, 6.45) is 8.07. The molecule has 0 spiro atoms. The van der Waals surface area contributed by atoms with Crippen LogP contribution < -0.4 is 4.74 Å². The summed E-state index contributed by atoms with van der Waals surface area (Å²) in [5.41, 5.74) is 2.09. The Kier molecular flexibility index (Phi) is 4.96. The lowest BCUT2D eigenvalue weighted by molar-refractivity contribution is 0.0693. The van der Waals surface area contributed by atoms with E-state index in [-0.39, 0.29) is 11.9 Å². The Morgan fingerprint density at radius 3 is 2.62 bits per heavy atom. The number of hydrogen-bond acceptors (Lipinski definition) is 4. The average Bonchev–Trinajstić information content (AvgIpc) is 3.38. The fourth-order valence-corrected chi connectivity index (χ4v) is 4.30. The van der Waals surface area contributed by atoms with Crippen LogP contribution in [-0.4, -0.2) is 29.6 Å². The predicted octanol–water partition coefficient (Wildman–Crippen LogP) is 4.71. The van der Waals surface area contributed by atoms with Crippen molar-refractivity contribution in [1.82, 2.24) is 10.1 Å². The fourth-order valence-electron chi connectivity index (χ4n) is 4.30. The fraction of sp³-hybridized carbons (Fsp3) is 0.524. The largest absolute Gasteiger partial charge is 0.497 e. The number of likely N-dealkylation sites (tertiary alicyclic amines) is 1. The first-order valence-corrected chi connectivity index (χ1v) is 9.68. The van der Waals surface area contributed by atoms with E-state index < -0.39 is 0 Å². The highest BCUT2D eigenvalue weighted by molar-refractivity contribution is 5.92. The van der Waals surface area contributed by atoms with Gasteiger partial charge in [-0.1, -0.05) is 36.6 Å². The van der Waals surface area contributed by atoms with Gasteiger partial charge in [0, 0.05) is 18.5 Å². The average molecular weight is 354 g/mol. The number of hydrogen-bond donors (Lipinski definition) is 0. The summed E-state index contributed by atoms with van der Waals surface area (Å²) in [6.45, 7) is 0.759. The van der Waals surface area contributed by atoms with Crippen LogP contribution in [0.15, 0.2) is 34.9 Å². The quantitative estimate of drug-likeness (QED) is 0.798. The van der Waals surface area contributed by atoms with Crippen molar-refractivity contribution in [3.05, 3.63) is 47.3 Å². The van der Waals surface area contributed by atoms with E-state index in [1.165, 1.54) is 19.3 Å². The molecular formula is C21H26N2O3. The molecule has 2 aromatic rings. The second-order valence-electron chi connectivity index (χ2n) is 7.38. The Hall–Kier alpha value is -2.30. The molecule has 1 saturated heterocycles. The molecule has 1 aliphatic heterocycles. The second-order valence-corrected chi connectivity index (χ2v) is 7.38. The standard InChI is InChI=1S/C21H26N2O3/c1-25-17-11-9-16(10-12-17)19-8-5-13-23(19)21(24)20-14-18(22-26-20)15-6-3-2-4-7-15/h9-12,14-15,19H,2-8,13H2,1H3/t19-/m0/s1. The number of ether oxygens (including phenoxy) is 1. The van der Waals surface area contributed by atoms with Gasteiger partial charge in [0.15, 0.2) is 0 Å². The van der Waals surface area contributed by atoms with Crippen molar-refractivity contribution < 1.29 is 14.1 Å². The number of carbonyl (C=O) groups is 1. The minimum absolute atomic E-state index is 0.0436. The molecule has 0 radical (unpaired) electrons. The van der Waals surface area contributed by atoms with Gasteiger partial charge in [-0.3, -0.25) is 4.79 Å². The Morgan fingerprint density at radius 1 is 1.12 bits per heavy atom. The first-order valence-electron chi connectivity index (χ1n) is 9.68. The number of methoxy groups -OCH3 is 1. The van der Waals surface area contributed by atoms with Gasteiger partial charge in [0.2, 0.25) is 5.76 Å². The summed E-state index contributed by atoms with van der Waals surface area (Å²) in [4.78, 5) is 14.9. The molecule has 2 aliphatic rings. The van der Waals surface area contributed by atoms with Crippen LogP contribution >= 0.6 is 0 Å². The highest BCUT2D eigenvalue weighted by Crippen LogP contribution is 2.35. The highest BCUT2D eigenvalue weighted by Gasteiger charge is 2.33. The van der Waals surface area contributed by atoms with Crippen molar-refractivity contribution >= 4 is 5.91 Å². The van der Waals surface area contributed by atoms with Gasteiger partial charge in [-0.25, -0.2) is 0 Å². The summed E-state index contributed by atoms with van der Waals surface area (Å²) in [7, 11) is 1.66. The van der Waals surface area contributed by atoms with Crippen molar-refractivity contribution in [3.8, 4) is 5.75 Å². The van der Waals surface area contributed by atoms with Crippen molar-refractivity contribution in [1.29, 1.82) is 0 Å². The molecule has 1 aromatic carbocycles. The van der Waals surface area contributed by atoms with E-state index in [0.717, 1.165) is 49.2 Å². The molecule has 1 atom stereocenters. The molecule has 1 amide bonds. The third-order valence-electron chi connectivity index (χ3n) is 5.78. The molecule has 5 heteroatoms. The molecule has 2 heterocycles. The van der Waals surface area contributed by atoms with Gasteiger partial charge in [-0.05, 0) is 43.4 Å². The molecule has 1 saturated carbocycles. The predicted molar refractivity (Wildman–Crippen MR) is 98.3 cm³/mol. The van der Waals surface area contributed by atoms with Gasteiger partial charge < -0.3 is 14.2 Å². The van der Waals surface area contributed by atoms with Crippen molar-refractivity contribution in [2.45, 2.75) is 56.9 Å². The van der Waals surface area contributed by atoms with Crippen LogP contribution in [0.5, 0.6) is 5.75 Å². The maximum atomic E-state index is 13.0. The molecule has 2 fully saturated rings. The molecule has 0 bridgehead atoms. The molecule has 26 heavy (non-hydrogen) atoms. The van der Waals surface area contributed by atoms with E-state index in [9.17, 15) is 4.79 Å². The SMILES string of the molecule is COc1ccc([C@@H]2CCCN2C(=O)c2cc(C3CCCCC3)no2)cc1. The van der Waals surface area contributed by atoms with E-state index in [1.54, 1.807) is 7.11 Å². The van der Waals surface area contributed by atoms with Crippen LogP contribution in [0, 0.1) is 0 Å². The van der Waals surface area contributed by atoms with Crippen LogP contribution in [0.2, 0.25) is 0 Å². The van der Waals surface area contributed by atoms with E-state index in [2.05, 4.69) is 5.16 Å². The van der Waals surface area contributed by atoms with Crippen molar-refractivity contribution in [2.75, 3.05) is 13.7 Å². The summed E-state index contributed by atoms with van der Waals surface area (Å²) in [5, 5.41) is 4.21. The highest BCUT2D eigenvalue weighted by atomic mass is 16.5. The second kappa shape index (κ2) is 7.52. The normalized spacial score (nSPS) is 21.1. The van der Waals surface area contributed by atoms with Crippen LogP contribution in [0.3, 0.4) is 0 Å². The Bertz CT molecular complexity index is 747. The number of amides is 1. The lowest BCUT2D eigenvalue weighted by Crippen LogP contribution is -2.30. The Balaban J connectivity index is 1.50. The summed E-state index contributed by atoms with van der Waals surface area (Å²) in [5.74, 6) is 1.62. The van der Waals surface area contributed by atoms with Crippen molar-refractivity contribution in [3.63, 3.8) is 0 Å². The van der Waals surface area contributed by atoms with E-state index in [4.69, 9.17) is 9.26 Å². The van der Waals surface area contributed by atoms with Crippen LogP contribution in [0.25, 0.3) is 0 Å². The first kappa shape index (κ1) is 17.1. The monoisotopic (exact) mass is 354 g/mol. The molecular weight excluding hydrogens is 328 g/mol. The van der Waals surface area contributed by atoms with Crippen LogP contribution in [0.4, 0.5) is 0 Å². The molecule has 0 N–H and O–H groups in total. The first-order chi connectivity index (χ1) is 12.8. The minimum Gasteiger partial charge on any atom is -0.497 e. The number of carbonyl (C=O) groups excluding carboxylic acids is 1. The van der Waals surface area contributed by atoms with E-state index >= 15 is 0 Å². The lowest BCUT2D eigenvalue weighted by Gasteiger charge is -2.24. The molecule has 5 nitrogen and oxygen atoms in total. The third kappa shape index (κ3) is 3.35. The molecule has 1 aromatic heterocycles. The molecule has 1 aliphatic carbocycles. The number of rotatable bonds is 4. The number of aromatic nitrogens is 1. The van der Waals surface area contributed by atoms with Gasteiger partial charge in [-0.2, -0.15) is 0 Å². The minimum atomic E-state index is -0.0436. The third-order valence-corrected chi connectivity index (χ3v) is 5.78. The van der Waals surface area contributed by atoms with Crippen molar-refractivity contribution in [2.24, 2.45) is 0 Å². The zero-order valence-electron chi connectivity index (χ0n) is 15.3. The van der Waals surface area contributed by atoms with E-state index in [0.29, 0.717) is 11.7 Å². The maximum Gasteiger partial charge on any atom is 0.292 e. The summed E-state index contributed by atoms with van der Waals surface area (Å²) < 4.78 is 10.7. The van der Waals surface area contributed by atoms with Gasteiger partial charge in [0.1, 0.15) is 5.75 Å². The van der Waals surface area contributed by atoms with Crippen LogP contribution in [-0.2, 0) is 0 Å². The summed E-state index contributed by atoms with van der Waals surface area (Å²) >= 11 is 0. The maximum absolute atomic E-state index is 13.0. The smallest absolute Gasteiger partial charge is 0.292 e. The van der Waals surface area contributed by atoms with E-state index in [1.807, 2.05) is 35.2 Å². The van der Waals surface area contributed by atoms with Gasteiger partial charge in [0.05, 0.1) is 18.8 Å². The van der Waals surface area contributed by atoms with Crippen LogP contribution in [0.1, 0.15) is 78.7 Å². The lowest BCUT2D eigenvalue weighted by atomic mass is 9.87. The zero-order valence-corrected chi connectivity index (χ0v) is 15.3. The molecule has 4 rings (SSSR count). The molecule has 138 valence electrons. The van der Waals surface area contributed by atoms with Gasteiger partial charge in [0.25, 0.3) is 5.91 Å².